The number of halogens is 1. The van der Waals surface area contributed by atoms with Crippen molar-refractivity contribution in [2.24, 2.45) is 0 Å². The molecule has 0 spiro atoms. The lowest BCUT2D eigenvalue weighted by Gasteiger charge is -2.08. The molecule has 0 saturated heterocycles. The highest BCUT2D eigenvalue weighted by atomic mass is 19.1. The maximum atomic E-state index is 13.6. The number of rotatable bonds is 7. The molecule has 0 fully saturated rings. The number of methoxy groups -OCH3 is 2. The van der Waals surface area contributed by atoms with Crippen molar-refractivity contribution in [2.45, 2.75) is 12.8 Å². The van der Waals surface area contributed by atoms with Crippen LogP contribution < -0.4 is 14.8 Å². The molecule has 27 heavy (non-hydrogen) atoms. The maximum Gasteiger partial charge on any atom is 0.224 e. The smallest absolute Gasteiger partial charge is 0.224 e. The molecule has 0 unspecified atom stereocenters. The third-order valence-corrected chi connectivity index (χ3v) is 3.94. The SMILES string of the molecule is COc1ccc(-c2cnc(CCC(=O)Nc3ccccc3F)o2)c(OC)c1. The number of para-hydroxylation sites is 1. The van der Waals surface area contributed by atoms with Gasteiger partial charge in [0.05, 0.1) is 31.7 Å². The van der Waals surface area contributed by atoms with Crippen LogP contribution in [-0.4, -0.2) is 25.1 Å². The lowest BCUT2D eigenvalue weighted by atomic mass is 10.1. The van der Waals surface area contributed by atoms with Gasteiger partial charge in [0.1, 0.15) is 17.3 Å². The van der Waals surface area contributed by atoms with Crippen LogP contribution in [0.2, 0.25) is 0 Å². The van der Waals surface area contributed by atoms with Crippen molar-refractivity contribution >= 4 is 11.6 Å². The molecule has 0 aliphatic rings. The summed E-state index contributed by atoms with van der Waals surface area (Å²) in [5.41, 5.74) is 0.881. The molecule has 140 valence electrons. The van der Waals surface area contributed by atoms with E-state index in [1.807, 2.05) is 6.07 Å². The zero-order chi connectivity index (χ0) is 19.2. The lowest BCUT2D eigenvalue weighted by molar-refractivity contribution is -0.116. The molecule has 2 aromatic carbocycles. The molecule has 0 aliphatic carbocycles. The number of hydrogen-bond donors (Lipinski definition) is 1. The van der Waals surface area contributed by atoms with Gasteiger partial charge in [-0.3, -0.25) is 4.79 Å². The largest absolute Gasteiger partial charge is 0.497 e. The number of hydrogen-bond acceptors (Lipinski definition) is 5. The Morgan fingerprint density at radius 3 is 2.74 bits per heavy atom. The molecule has 7 heteroatoms. The van der Waals surface area contributed by atoms with Gasteiger partial charge in [0.2, 0.25) is 5.91 Å². The number of oxazole rings is 1. The van der Waals surface area contributed by atoms with Crippen LogP contribution in [0.5, 0.6) is 11.5 Å². The Labute approximate surface area is 155 Å². The van der Waals surface area contributed by atoms with Gasteiger partial charge in [-0.05, 0) is 24.3 Å². The first-order valence-corrected chi connectivity index (χ1v) is 8.32. The molecule has 0 aliphatic heterocycles. The van der Waals surface area contributed by atoms with Crippen molar-refractivity contribution in [1.29, 1.82) is 0 Å². The minimum Gasteiger partial charge on any atom is -0.497 e. The Hall–Kier alpha value is -3.35. The molecule has 1 heterocycles. The number of aryl methyl sites for hydroxylation is 1. The maximum absolute atomic E-state index is 13.6. The van der Waals surface area contributed by atoms with Crippen molar-refractivity contribution in [1.82, 2.24) is 4.98 Å². The Morgan fingerprint density at radius 2 is 2.00 bits per heavy atom. The van der Waals surface area contributed by atoms with Gasteiger partial charge in [-0.15, -0.1) is 0 Å². The number of carbonyl (C=O) groups is 1. The van der Waals surface area contributed by atoms with E-state index < -0.39 is 5.82 Å². The average Bonchev–Trinajstić information content (AvgIpc) is 3.16. The highest BCUT2D eigenvalue weighted by Gasteiger charge is 2.14. The van der Waals surface area contributed by atoms with E-state index in [0.29, 0.717) is 29.6 Å². The predicted molar refractivity (Wildman–Crippen MR) is 98.4 cm³/mol. The van der Waals surface area contributed by atoms with E-state index >= 15 is 0 Å². The van der Waals surface area contributed by atoms with E-state index in [4.69, 9.17) is 13.9 Å². The van der Waals surface area contributed by atoms with Gasteiger partial charge >= 0.3 is 0 Å². The van der Waals surface area contributed by atoms with E-state index in [1.54, 1.807) is 44.7 Å². The fraction of sp³-hybridized carbons (Fsp3) is 0.200. The van der Waals surface area contributed by atoms with Crippen molar-refractivity contribution in [3.05, 3.63) is 60.4 Å². The van der Waals surface area contributed by atoms with Crippen LogP contribution in [0.25, 0.3) is 11.3 Å². The Bertz CT molecular complexity index is 939. The number of ether oxygens (including phenoxy) is 2. The molecule has 6 nitrogen and oxygen atoms in total. The van der Waals surface area contributed by atoms with Crippen LogP contribution in [0.4, 0.5) is 10.1 Å². The Balaban J connectivity index is 1.65. The van der Waals surface area contributed by atoms with Crippen LogP contribution in [-0.2, 0) is 11.2 Å². The highest BCUT2D eigenvalue weighted by molar-refractivity contribution is 5.90. The average molecular weight is 370 g/mol. The zero-order valence-corrected chi connectivity index (χ0v) is 15.0. The molecule has 0 bridgehead atoms. The second kappa shape index (κ2) is 8.35. The third kappa shape index (κ3) is 4.44. The second-order valence-electron chi connectivity index (χ2n) is 5.71. The van der Waals surface area contributed by atoms with Crippen LogP contribution in [0, 0.1) is 5.82 Å². The molecular weight excluding hydrogens is 351 g/mol. The van der Waals surface area contributed by atoms with Crippen molar-refractivity contribution in [3.8, 4) is 22.8 Å². The number of benzene rings is 2. The standard InChI is InChI=1S/C20H19FN2O4/c1-25-13-7-8-14(17(11-13)26-2)18-12-22-20(27-18)10-9-19(24)23-16-6-4-3-5-15(16)21/h3-8,11-12H,9-10H2,1-2H3,(H,23,24). The van der Waals surface area contributed by atoms with E-state index in [0.717, 1.165) is 5.56 Å². The van der Waals surface area contributed by atoms with Gasteiger partial charge in [-0.1, -0.05) is 12.1 Å². The van der Waals surface area contributed by atoms with E-state index in [9.17, 15) is 9.18 Å². The highest BCUT2D eigenvalue weighted by Crippen LogP contribution is 2.33. The molecular formula is C20H19FN2O4. The minimum absolute atomic E-state index is 0.119. The summed E-state index contributed by atoms with van der Waals surface area (Å²) in [7, 11) is 3.13. The molecule has 1 N–H and O–H groups in total. The molecule has 3 aromatic rings. The Kier molecular flexibility index (Phi) is 5.71. The number of nitrogens with one attached hydrogen (secondary N) is 1. The zero-order valence-electron chi connectivity index (χ0n) is 15.0. The van der Waals surface area contributed by atoms with Gasteiger partial charge in [0, 0.05) is 18.9 Å². The summed E-state index contributed by atoms with van der Waals surface area (Å²) < 4.78 is 29.8. The van der Waals surface area contributed by atoms with E-state index in [2.05, 4.69) is 10.3 Å². The fourth-order valence-corrected chi connectivity index (χ4v) is 2.55. The molecule has 0 atom stereocenters. The number of carbonyl (C=O) groups excluding carboxylic acids is 1. The lowest BCUT2D eigenvalue weighted by Crippen LogP contribution is -2.13. The first-order chi connectivity index (χ1) is 13.1. The molecule has 0 saturated carbocycles. The second-order valence-corrected chi connectivity index (χ2v) is 5.71. The summed E-state index contributed by atoms with van der Waals surface area (Å²) >= 11 is 0. The number of aromatic nitrogens is 1. The summed E-state index contributed by atoms with van der Waals surface area (Å²) in [4.78, 5) is 16.2. The topological polar surface area (TPSA) is 73.6 Å². The molecule has 1 aromatic heterocycles. The van der Waals surface area contributed by atoms with Gasteiger partial charge in [0.25, 0.3) is 0 Å². The van der Waals surface area contributed by atoms with Crippen molar-refractivity contribution in [2.75, 3.05) is 19.5 Å². The molecule has 1 amide bonds. The van der Waals surface area contributed by atoms with Crippen LogP contribution in [0.1, 0.15) is 12.3 Å². The van der Waals surface area contributed by atoms with Gasteiger partial charge < -0.3 is 19.2 Å². The summed E-state index contributed by atoms with van der Waals surface area (Å²) in [6.07, 6.45) is 1.99. The van der Waals surface area contributed by atoms with Gasteiger partial charge in [-0.25, -0.2) is 9.37 Å². The monoisotopic (exact) mass is 370 g/mol. The Morgan fingerprint density at radius 1 is 1.19 bits per heavy atom. The molecule has 3 rings (SSSR count). The first kappa shape index (κ1) is 18.4. The summed E-state index contributed by atoms with van der Waals surface area (Å²) in [6.45, 7) is 0. The fourth-order valence-electron chi connectivity index (χ4n) is 2.55. The van der Waals surface area contributed by atoms with Crippen LogP contribution in [0.3, 0.4) is 0 Å². The summed E-state index contributed by atoms with van der Waals surface area (Å²) in [5, 5.41) is 2.53. The normalized spacial score (nSPS) is 10.5. The van der Waals surface area contributed by atoms with E-state index in [-0.39, 0.29) is 18.0 Å². The minimum atomic E-state index is -0.476. The van der Waals surface area contributed by atoms with Crippen LogP contribution >= 0.6 is 0 Å². The number of amides is 1. The number of anilines is 1. The van der Waals surface area contributed by atoms with Crippen molar-refractivity contribution in [3.63, 3.8) is 0 Å². The van der Waals surface area contributed by atoms with Crippen molar-refractivity contribution < 1.29 is 23.1 Å². The van der Waals surface area contributed by atoms with Gasteiger partial charge in [-0.2, -0.15) is 0 Å². The number of nitrogens with zero attached hydrogens (tertiary/aromatic N) is 1. The third-order valence-electron chi connectivity index (χ3n) is 3.94. The summed E-state index contributed by atoms with van der Waals surface area (Å²) in [6, 6.07) is 11.4. The quantitative estimate of drug-likeness (QED) is 0.679. The molecule has 0 radical (unpaired) electrons. The predicted octanol–water partition coefficient (Wildman–Crippen LogP) is 4.07. The summed E-state index contributed by atoms with van der Waals surface area (Å²) in [5.74, 6) is 1.40. The first-order valence-electron chi connectivity index (χ1n) is 8.32. The van der Waals surface area contributed by atoms with E-state index in [1.165, 1.54) is 12.1 Å². The van der Waals surface area contributed by atoms with Gasteiger partial charge in [0.15, 0.2) is 11.7 Å². The van der Waals surface area contributed by atoms with Crippen LogP contribution in [0.15, 0.2) is 53.1 Å².